The zero-order valence-electron chi connectivity index (χ0n) is 9.02. The Morgan fingerprint density at radius 1 is 1.25 bits per heavy atom. The molecule has 2 aromatic heterocycles. The molecule has 3 rings (SSSR count). The summed E-state index contributed by atoms with van der Waals surface area (Å²) in [5, 5.41) is 11.4. The highest BCUT2D eigenvalue weighted by Gasteiger charge is 2.17. The van der Waals surface area contributed by atoms with Gasteiger partial charge < -0.3 is 10.3 Å². The summed E-state index contributed by atoms with van der Waals surface area (Å²) in [6, 6.07) is 2.03. The number of aryl methyl sites for hydroxylation is 1. The summed E-state index contributed by atoms with van der Waals surface area (Å²) in [6.07, 6.45) is 4.75. The summed E-state index contributed by atoms with van der Waals surface area (Å²) in [6.45, 7) is 1.02. The van der Waals surface area contributed by atoms with Gasteiger partial charge in [-0.3, -0.25) is 0 Å². The maximum absolute atomic E-state index is 5.94. The molecule has 3 heterocycles. The van der Waals surface area contributed by atoms with E-state index in [4.69, 9.17) is 5.73 Å². The average Bonchev–Trinajstić information content (AvgIpc) is 2.78. The fourth-order valence-electron chi connectivity index (χ4n) is 2.19. The van der Waals surface area contributed by atoms with Crippen molar-refractivity contribution >= 4 is 16.3 Å². The molecule has 0 saturated carbocycles. The summed E-state index contributed by atoms with van der Waals surface area (Å²) >= 11 is 1.56. The third kappa shape index (κ3) is 1.51. The molecule has 0 radical (unpaired) electrons. The predicted octanol–water partition coefficient (Wildman–Crippen LogP) is 2.32. The van der Waals surface area contributed by atoms with Crippen LogP contribution in [0.5, 0.6) is 0 Å². The number of hydrogen-bond donors (Lipinski definition) is 1. The van der Waals surface area contributed by atoms with Crippen molar-refractivity contribution in [2.24, 2.45) is 0 Å². The summed E-state index contributed by atoms with van der Waals surface area (Å²) in [5.74, 6) is 2.05. The van der Waals surface area contributed by atoms with Crippen LogP contribution in [0.1, 0.15) is 25.1 Å². The number of nitrogens with zero attached hydrogens (tertiary/aromatic N) is 3. The Morgan fingerprint density at radius 3 is 3.00 bits per heavy atom. The van der Waals surface area contributed by atoms with Gasteiger partial charge in [-0.1, -0.05) is 6.42 Å². The Hall–Kier alpha value is -1.36. The summed E-state index contributed by atoms with van der Waals surface area (Å²) in [7, 11) is 0. The molecule has 0 unspecified atom stereocenters. The van der Waals surface area contributed by atoms with Crippen molar-refractivity contribution in [2.45, 2.75) is 32.2 Å². The van der Waals surface area contributed by atoms with E-state index in [2.05, 4.69) is 14.8 Å². The molecule has 16 heavy (non-hydrogen) atoms. The van der Waals surface area contributed by atoms with Gasteiger partial charge in [0, 0.05) is 13.0 Å². The highest BCUT2D eigenvalue weighted by atomic mass is 32.1. The molecule has 0 bridgehead atoms. The normalized spacial score (nSPS) is 15.8. The topological polar surface area (TPSA) is 56.7 Å². The molecule has 2 aromatic rings. The Labute approximate surface area is 98.1 Å². The van der Waals surface area contributed by atoms with Gasteiger partial charge in [-0.25, -0.2) is 0 Å². The third-order valence-electron chi connectivity index (χ3n) is 3.05. The Morgan fingerprint density at radius 2 is 2.19 bits per heavy atom. The molecule has 1 aliphatic heterocycles. The fourth-order valence-corrected chi connectivity index (χ4v) is 2.83. The summed E-state index contributed by atoms with van der Waals surface area (Å²) < 4.78 is 2.23. The van der Waals surface area contributed by atoms with Crippen molar-refractivity contribution in [3.05, 3.63) is 17.3 Å². The highest BCUT2D eigenvalue weighted by Crippen LogP contribution is 2.30. The van der Waals surface area contributed by atoms with Gasteiger partial charge in [0.1, 0.15) is 5.82 Å². The van der Waals surface area contributed by atoms with Crippen molar-refractivity contribution in [3.63, 3.8) is 0 Å². The average molecular weight is 234 g/mol. The quantitative estimate of drug-likeness (QED) is 0.823. The van der Waals surface area contributed by atoms with E-state index in [0.717, 1.165) is 35.2 Å². The fraction of sp³-hybridized carbons (Fsp3) is 0.455. The molecule has 0 atom stereocenters. The number of rotatable bonds is 1. The lowest BCUT2D eigenvalue weighted by Gasteiger charge is -2.05. The van der Waals surface area contributed by atoms with Crippen LogP contribution in [0.2, 0.25) is 0 Å². The van der Waals surface area contributed by atoms with Crippen LogP contribution in [-0.2, 0) is 13.0 Å². The first-order valence-electron chi connectivity index (χ1n) is 5.61. The van der Waals surface area contributed by atoms with Gasteiger partial charge in [-0.15, -0.1) is 21.5 Å². The monoisotopic (exact) mass is 234 g/mol. The molecule has 4 nitrogen and oxygen atoms in total. The van der Waals surface area contributed by atoms with E-state index in [1.165, 1.54) is 19.3 Å². The number of fused-ring (bicyclic) bond motifs is 1. The maximum atomic E-state index is 5.94. The van der Waals surface area contributed by atoms with Crippen molar-refractivity contribution in [2.75, 3.05) is 5.73 Å². The second-order valence-corrected chi connectivity index (χ2v) is 5.05. The molecular formula is C11H14N4S. The maximum Gasteiger partial charge on any atom is 0.166 e. The smallest absolute Gasteiger partial charge is 0.166 e. The summed E-state index contributed by atoms with van der Waals surface area (Å²) in [4.78, 5) is 0. The van der Waals surface area contributed by atoms with Crippen molar-refractivity contribution < 1.29 is 0 Å². The number of aromatic nitrogens is 3. The predicted molar refractivity (Wildman–Crippen MR) is 65.3 cm³/mol. The lowest BCUT2D eigenvalue weighted by Crippen LogP contribution is -2.03. The van der Waals surface area contributed by atoms with Crippen LogP contribution >= 0.6 is 11.3 Å². The molecule has 0 amide bonds. The Bertz CT molecular complexity index is 500. The van der Waals surface area contributed by atoms with Crippen molar-refractivity contribution in [1.29, 1.82) is 0 Å². The first-order valence-corrected chi connectivity index (χ1v) is 6.49. The Balaban J connectivity index is 2.09. The van der Waals surface area contributed by atoms with Gasteiger partial charge in [0.2, 0.25) is 0 Å². The number of hydrogen-bond acceptors (Lipinski definition) is 4. The highest BCUT2D eigenvalue weighted by molar-refractivity contribution is 7.14. The molecule has 0 fully saturated rings. The van der Waals surface area contributed by atoms with Crippen LogP contribution in [0, 0.1) is 0 Å². The number of anilines is 1. The largest absolute Gasteiger partial charge is 0.390 e. The lowest BCUT2D eigenvalue weighted by atomic mass is 10.2. The first-order chi connectivity index (χ1) is 7.86. The van der Waals surface area contributed by atoms with E-state index < -0.39 is 0 Å². The van der Waals surface area contributed by atoms with Gasteiger partial charge in [0.05, 0.1) is 10.6 Å². The SMILES string of the molecule is Nc1sccc1-c1nnc2n1CCCCC2. The van der Waals surface area contributed by atoms with E-state index in [9.17, 15) is 0 Å². The van der Waals surface area contributed by atoms with Crippen LogP contribution < -0.4 is 5.73 Å². The number of nitrogen functional groups attached to an aromatic ring is 1. The molecule has 1 aliphatic rings. The second kappa shape index (κ2) is 3.90. The van der Waals surface area contributed by atoms with E-state index in [-0.39, 0.29) is 0 Å². The van der Waals surface area contributed by atoms with Crippen LogP contribution in [0.15, 0.2) is 11.4 Å². The second-order valence-electron chi connectivity index (χ2n) is 4.10. The van der Waals surface area contributed by atoms with Crippen molar-refractivity contribution in [1.82, 2.24) is 14.8 Å². The van der Waals surface area contributed by atoms with E-state index in [1.807, 2.05) is 11.4 Å². The van der Waals surface area contributed by atoms with Gasteiger partial charge in [0.15, 0.2) is 5.82 Å². The molecule has 84 valence electrons. The van der Waals surface area contributed by atoms with Gasteiger partial charge >= 0.3 is 0 Å². The van der Waals surface area contributed by atoms with Crippen LogP contribution in [0.4, 0.5) is 5.00 Å². The first kappa shape index (κ1) is 9.84. The van der Waals surface area contributed by atoms with Crippen LogP contribution in [0.3, 0.4) is 0 Å². The minimum Gasteiger partial charge on any atom is -0.390 e. The van der Waals surface area contributed by atoms with Crippen LogP contribution in [-0.4, -0.2) is 14.8 Å². The van der Waals surface area contributed by atoms with Crippen molar-refractivity contribution in [3.8, 4) is 11.4 Å². The molecule has 2 N–H and O–H groups in total. The number of thiophene rings is 1. The van der Waals surface area contributed by atoms with Gasteiger partial charge in [-0.05, 0) is 24.3 Å². The number of nitrogens with two attached hydrogens (primary N) is 1. The van der Waals surface area contributed by atoms with E-state index in [1.54, 1.807) is 11.3 Å². The van der Waals surface area contributed by atoms with Gasteiger partial charge in [-0.2, -0.15) is 0 Å². The van der Waals surface area contributed by atoms with E-state index in [0.29, 0.717) is 0 Å². The molecule has 0 spiro atoms. The Kier molecular flexibility index (Phi) is 2.40. The minimum atomic E-state index is 0.833. The van der Waals surface area contributed by atoms with E-state index >= 15 is 0 Å². The standard InChI is InChI=1S/C11H14N4S/c12-10-8(5-7-16-10)11-14-13-9-4-2-1-3-6-15(9)11/h5,7H,1-4,6,12H2. The molecule has 0 saturated heterocycles. The zero-order valence-corrected chi connectivity index (χ0v) is 9.83. The molecular weight excluding hydrogens is 220 g/mol. The molecule has 0 aromatic carbocycles. The van der Waals surface area contributed by atoms with Crippen LogP contribution in [0.25, 0.3) is 11.4 Å². The molecule has 5 heteroatoms. The zero-order chi connectivity index (χ0) is 11.0. The summed E-state index contributed by atoms with van der Waals surface area (Å²) in [5.41, 5.74) is 6.97. The molecule has 0 aliphatic carbocycles. The minimum absolute atomic E-state index is 0.833. The third-order valence-corrected chi connectivity index (χ3v) is 3.79. The van der Waals surface area contributed by atoms with Gasteiger partial charge in [0.25, 0.3) is 0 Å². The lowest BCUT2D eigenvalue weighted by molar-refractivity contribution is 0.637.